The lowest BCUT2D eigenvalue weighted by Gasteiger charge is -2.34. The summed E-state index contributed by atoms with van der Waals surface area (Å²) in [7, 11) is 0. The number of anilines is 1. The number of aliphatic carboxylic acids is 1. The summed E-state index contributed by atoms with van der Waals surface area (Å²) < 4.78 is 5.95. The number of carbonyl (C=O) groups is 16. The molecule has 0 aliphatic carbocycles. The highest BCUT2D eigenvalue weighted by atomic mass is 16.5. The van der Waals surface area contributed by atoms with E-state index in [0.29, 0.717) is 17.7 Å². The molecule has 1 aromatic carbocycles. The van der Waals surface area contributed by atoms with Gasteiger partial charge in [-0.1, -0.05) is 91.0 Å². The predicted octanol–water partition coefficient (Wildman–Crippen LogP) is -5.67. The zero-order chi connectivity index (χ0) is 87.0. The van der Waals surface area contributed by atoms with Gasteiger partial charge in [-0.2, -0.15) is 0 Å². The van der Waals surface area contributed by atoms with E-state index in [2.05, 4.69) is 65.4 Å². The van der Waals surface area contributed by atoms with Crippen molar-refractivity contribution in [2.45, 2.75) is 306 Å². The van der Waals surface area contributed by atoms with Crippen LogP contribution in [0.25, 0.3) is 0 Å². The lowest BCUT2D eigenvalue weighted by molar-refractivity contribution is -0.155. The van der Waals surface area contributed by atoms with Gasteiger partial charge in [-0.3, -0.25) is 71.9 Å². The van der Waals surface area contributed by atoms with Crippen molar-refractivity contribution < 1.29 is 127 Å². The number of phenols is 1. The Morgan fingerprint density at radius 1 is 0.578 bits per heavy atom. The average Bonchev–Trinajstić information content (AvgIpc) is 1.62. The number of aliphatic hydroxyl groups is 7. The van der Waals surface area contributed by atoms with E-state index in [9.17, 15) is 123 Å². The van der Waals surface area contributed by atoms with Gasteiger partial charge in [0.25, 0.3) is 0 Å². The number of aromatic hydroxyl groups is 1. The van der Waals surface area contributed by atoms with E-state index < -0.39 is 280 Å². The Balaban J connectivity index is 1.85. The predicted molar refractivity (Wildman–Crippen MR) is 411 cm³/mol. The summed E-state index contributed by atoms with van der Waals surface area (Å²) in [5.74, 6) is -20.4. The minimum atomic E-state index is -2.24. The number of rotatable bonds is 29. The number of carboxylic acids is 1. The van der Waals surface area contributed by atoms with Crippen molar-refractivity contribution in [3.05, 3.63) is 23.8 Å². The molecule has 3 saturated heterocycles. The topological polar surface area (TPSA) is 655 Å². The number of benzene rings is 1. The summed E-state index contributed by atoms with van der Waals surface area (Å²) in [5.41, 5.74) is 11.0. The molecular formula is C75H121N15O26. The quantitative estimate of drug-likeness (QED) is 0.0202. The molecule has 3 fully saturated rings. The fourth-order valence-electron chi connectivity index (χ4n) is 13.4. The number of hydrogen-bond acceptors (Lipinski definition) is 26. The number of cyclic esters (lactones) is 1. The smallest absolute Gasteiger partial charge is 0.328 e. The van der Waals surface area contributed by atoms with Crippen LogP contribution in [0.1, 0.15) is 189 Å². The molecule has 0 aromatic heterocycles. The maximum Gasteiger partial charge on any atom is 0.328 e. The summed E-state index contributed by atoms with van der Waals surface area (Å²) in [6, 6.07) is -17.0. The van der Waals surface area contributed by atoms with Crippen LogP contribution >= 0.6 is 0 Å². The molecule has 3 aliphatic rings. The second kappa shape index (κ2) is 48.7. The molecule has 652 valence electrons. The maximum absolute atomic E-state index is 14.9. The molecule has 3 aliphatic heterocycles. The number of carbonyl (C=O) groups excluding carboxylic acids is 15. The molecule has 41 nitrogen and oxygen atoms in total. The molecule has 4 rings (SSSR count). The standard InChI is InChI=1S/C75H121N15O26/c1-9-10-11-12-13-14-15-16-17-18-19-21-45-33-55(101)83-59(39(5)91)69(109)79-38(4)65(105)82-48(31-43-23-24-50(96)47(30-43)80-54(100)25-26-57(103)104)66(106)85-58(37(2)3)73(113)90-36-44(95)32-49(90)67(107)86-61(41(7)93)71(111)87-62(42(8)94)74(114)89-29-27-51(97)64(89)72(112)88-63(52(98)34-53(77)99)68(108)78-35-56(102)84-60(40(6)92)70(110)81-46(22-20-28-76)75(115)116-45/h23-24,30,37-42,44-46,48-49,51-52,58-64,91-98H,9-22,25-29,31-36,76H2,1-8H3,(H2,77,99)(H,78,108)(H,79,109)(H,80,100)(H,81,110)(H,82,105)(H,83,101)(H,84,102)(H,85,106)(H,86,107)(H,87,111)(H,88,112)(H,103,104)/t38-,39+,40+,41+,42+,44+,45+,46-,48-,49-,51-,52+,58-,59-,60-,61-,62-,63-,64-/m0/s1. The van der Waals surface area contributed by atoms with Gasteiger partial charge in [-0.15, -0.1) is 0 Å². The number of nitrogens with zero attached hydrogens (tertiary/aromatic N) is 2. The van der Waals surface area contributed by atoms with E-state index in [1.165, 1.54) is 26.0 Å². The van der Waals surface area contributed by atoms with Crippen molar-refractivity contribution in [1.82, 2.24) is 63.0 Å². The zero-order valence-electron chi connectivity index (χ0n) is 67.0. The van der Waals surface area contributed by atoms with Crippen LogP contribution in [0.5, 0.6) is 5.75 Å². The summed E-state index contributed by atoms with van der Waals surface area (Å²) in [6.07, 6.45) is -8.17. The third kappa shape index (κ3) is 31.7. The van der Waals surface area contributed by atoms with Crippen LogP contribution in [0.2, 0.25) is 0 Å². The minimum Gasteiger partial charge on any atom is -0.506 e. The molecule has 0 unspecified atom stereocenters. The van der Waals surface area contributed by atoms with E-state index in [-0.39, 0.29) is 43.5 Å². The Bertz CT molecular complexity index is 3550. The van der Waals surface area contributed by atoms with Gasteiger partial charge in [0.2, 0.25) is 82.7 Å². The van der Waals surface area contributed by atoms with Crippen LogP contribution in [-0.2, 0) is 87.9 Å². The number of carboxylic acid groups (broad SMARTS) is 1. The van der Waals surface area contributed by atoms with Gasteiger partial charge in [-0.25, -0.2) is 4.79 Å². The van der Waals surface area contributed by atoms with Gasteiger partial charge in [0.1, 0.15) is 78.3 Å². The molecule has 0 bridgehead atoms. The molecule has 14 amide bonds. The Labute approximate surface area is 672 Å². The monoisotopic (exact) mass is 1650 g/mol. The molecule has 41 heteroatoms. The first-order chi connectivity index (χ1) is 54.6. The highest BCUT2D eigenvalue weighted by Crippen LogP contribution is 2.28. The van der Waals surface area contributed by atoms with E-state index in [1.54, 1.807) is 0 Å². The number of ether oxygens (including phenoxy) is 1. The van der Waals surface area contributed by atoms with Crippen molar-refractivity contribution in [3.63, 3.8) is 0 Å². The highest BCUT2D eigenvalue weighted by Gasteiger charge is 2.49. The SMILES string of the molecule is CCCCCCCCCCCCC[C@@H]1CC(=O)N[C@@H]([C@@H](C)O)C(=O)N[C@@H](C)C(=O)N[C@@H](Cc2ccc(O)c(NC(=O)CCC(=O)O)c2)C(=O)N[C@@H](C(C)C)C(=O)N2C[C@H](O)C[C@H]2C(=O)N[C@@H]([C@@H](C)O)C(=O)N[C@@H]([C@@H](C)O)C(=O)N2CC[C@H](O)[C@H]2C(=O)N[C@@H]([C@H](O)CC(N)=O)C(=O)NCC(=O)N[C@@H]([C@@H](C)O)C(=O)N[C@@H](CCCN)C(=O)O1. The van der Waals surface area contributed by atoms with Gasteiger partial charge in [0, 0.05) is 32.4 Å². The molecular weight excluding hydrogens is 1530 g/mol. The van der Waals surface area contributed by atoms with Crippen molar-refractivity contribution in [3.8, 4) is 5.75 Å². The molecule has 19 atom stereocenters. The number of nitrogens with two attached hydrogens (primary N) is 2. The van der Waals surface area contributed by atoms with Crippen LogP contribution in [0.15, 0.2) is 18.2 Å². The Morgan fingerprint density at radius 3 is 1.67 bits per heavy atom. The number of aliphatic hydroxyl groups excluding tert-OH is 7. The molecule has 0 saturated carbocycles. The molecule has 0 spiro atoms. The molecule has 116 heavy (non-hydrogen) atoms. The van der Waals surface area contributed by atoms with E-state index in [4.69, 9.17) is 16.2 Å². The number of unbranched alkanes of at least 4 members (excludes halogenated alkanes) is 10. The van der Waals surface area contributed by atoms with Crippen LogP contribution in [-0.4, -0.2) is 292 Å². The summed E-state index contributed by atoms with van der Waals surface area (Å²) in [4.78, 5) is 224. The molecule has 1 aromatic rings. The van der Waals surface area contributed by atoms with Gasteiger partial charge in [0.05, 0.1) is 74.2 Å². The van der Waals surface area contributed by atoms with Gasteiger partial charge in [0.15, 0.2) is 0 Å². The lowest BCUT2D eigenvalue weighted by atomic mass is 9.99. The summed E-state index contributed by atoms with van der Waals surface area (Å²) in [5, 5.41) is 123. The first-order valence-corrected chi connectivity index (χ1v) is 39.5. The van der Waals surface area contributed by atoms with Crippen LogP contribution in [0, 0.1) is 5.92 Å². The fraction of sp³-hybridized carbons (Fsp3) is 0.707. The summed E-state index contributed by atoms with van der Waals surface area (Å²) >= 11 is 0. The second-order valence-corrected chi connectivity index (χ2v) is 30.3. The first kappa shape index (κ1) is 98.6. The number of amides is 14. The lowest BCUT2D eigenvalue weighted by Crippen LogP contribution is -2.64. The molecule has 0 radical (unpaired) electrons. The number of fused-ring (bicyclic) bond motifs is 2. The number of nitrogens with one attached hydrogen (secondary N) is 11. The maximum atomic E-state index is 14.9. The normalized spacial score (nSPS) is 26.9. The van der Waals surface area contributed by atoms with E-state index >= 15 is 0 Å². The third-order valence-electron chi connectivity index (χ3n) is 19.9. The Hall–Kier alpha value is -9.78. The summed E-state index contributed by atoms with van der Waals surface area (Å²) in [6.45, 7) is 8.25. The highest BCUT2D eigenvalue weighted by molar-refractivity contribution is 6.01. The zero-order valence-corrected chi connectivity index (χ0v) is 67.0. The number of hydrogen-bond donors (Lipinski definition) is 22. The Kier molecular flexibility index (Phi) is 41.4. The fourth-order valence-corrected chi connectivity index (χ4v) is 13.4. The van der Waals surface area contributed by atoms with E-state index in [1.807, 2.05) is 0 Å². The average molecular weight is 1650 g/mol. The minimum absolute atomic E-state index is 0.0303. The molecule has 24 N–H and O–H groups in total. The first-order valence-electron chi connectivity index (χ1n) is 39.5. The molecule has 3 heterocycles. The number of esters is 1. The van der Waals surface area contributed by atoms with Crippen LogP contribution < -0.4 is 70.0 Å². The number of primary amides is 1. The largest absolute Gasteiger partial charge is 0.506 e. The van der Waals surface area contributed by atoms with Crippen molar-refractivity contribution in [1.29, 1.82) is 0 Å². The van der Waals surface area contributed by atoms with Crippen molar-refractivity contribution in [2.24, 2.45) is 17.4 Å². The van der Waals surface area contributed by atoms with Gasteiger partial charge in [-0.05, 0) is 96.9 Å². The van der Waals surface area contributed by atoms with Crippen molar-refractivity contribution in [2.75, 3.05) is 31.5 Å². The number of phenolic OH excluding ortho intramolecular Hbond substituents is 1. The van der Waals surface area contributed by atoms with Gasteiger partial charge < -0.3 is 130 Å². The van der Waals surface area contributed by atoms with Crippen molar-refractivity contribution >= 4 is 100 Å². The van der Waals surface area contributed by atoms with Gasteiger partial charge >= 0.3 is 11.9 Å². The van der Waals surface area contributed by atoms with Crippen LogP contribution in [0.4, 0.5) is 5.69 Å². The second-order valence-electron chi connectivity index (χ2n) is 30.3. The third-order valence-corrected chi connectivity index (χ3v) is 19.9. The van der Waals surface area contributed by atoms with E-state index in [0.717, 1.165) is 103 Å². The Morgan fingerprint density at radius 2 is 1.10 bits per heavy atom. The van der Waals surface area contributed by atoms with Crippen LogP contribution in [0.3, 0.4) is 0 Å².